The molecule has 0 saturated heterocycles. The van der Waals surface area contributed by atoms with Gasteiger partial charge in [0.25, 0.3) is 0 Å². The fourth-order valence-electron chi connectivity index (χ4n) is 2.47. The Labute approximate surface area is 108 Å². The summed E-state index contributed by atoms with van der Waals surface area (Å²) < 4.78 is 0. The van der Waals surface area contributed by atoms with Crippen LogP contribution < -0.4 is 0 Å². The zero-order valence-electron chi connectivity index (χ0n) is 9.49. The molecule has 3 rings (SSSR count). The van der Waals surface area contributed by atoms with E-state index in [1.54, 1.807) is 0 Å². The van der Waals surface area contributed by atoms with Crippen LogP contribution in [0, 0.1) is 0 Å². The second kappa shape index (κ2) is 4.51. The maximum atomic E-state index is 6.08. The van der Waals surface area contributed by atoms with Crippen LogP contribution in [0.15, 0.2) is 54.6 Å². The summed E-state index contributed by atoms with van der Waals surface area (Å²) in [6.07, 6.45) is 0. The molecule has 3 aromatic carbocycles. The molecule has 0 N–H and O–H groups in total. The minimum absolute atomic E-state index is 0.489. The summed E-state index contributed by atoms with van der Waals surface area (Å²) in [5, 5.41) is 5.36. The molecule has 0 aliphatic rings. The molecule has 0 aliphatic heterocycles. The first-order valence-electron chi connectivity index (χ1n) is 5.85. The van der Waals surface area contributed by atoms with Crippen molar-refractivity contribution in [2.45, 2.75) is 6.04 Å². The van der Waals surface area contributed by atoms with Crippen LogP contribution in [0.3, 0.4) is 0 Å². The SMILES string of the molecule is Cl[SiH2]Cc1c2ccccc2cc2ccccc12. The molecule has 17 heavy (non-hydrogen) atoms. The van der Waals surface area contributed by atoms with E-state index in [1.165, 1.54) is 27.1 Å². The maximum absolute atomic E-state index is 6.08. The predicted octanol–water partition coefficient (Wildman–Crippen LogP) is 3.82. The highest BCUT2D eigenvalue weighted by Gasteiger charge is 2.06. The molecule has 84 valence electrons. The standard InChI is InChI=1S/C15H13ClSi/c16-17-10-15-13-7-3-1-5-11(13)9-12-6-2-4-8-14(12)15/h1-9H,10,17H2. The van der Waals surface area contributed by atoms with Crippen LogP contribution in [-0.2, 0) is 6.04 Å². The van der Waals surface area contributed by atoms with Crippen molar-refractivity contribution in [1.29, 1.82) is 0 Å². The first-order valence-corrected chi connectivity index (χ1v) is 8.99. The van der Waals surface area contributed by atoms with Crippen LogP contribution in [0.25, 0.3) is 21.5 Å². The molecule has 3 aromatic rings. The van der Waals surface area contributed by atoms with Crippen LogP contribution in [-0.4, -0.2) is 8.83 Å². The third kappa shape index (κ3) is 1.86. The van der Waals surface area contributed by atoms with Gasteiger partial charge >= 0.3 is 0 Å². The normalized spacial score (nSPS) is 11.8. The monoisotopic (exact) mass is 256 g/mol. The molecule has 0 atom stereocenters. The van der Waals surface area contributed by atoms with Gasteiger partial charge in [-0.15, -0.1) is 0 Å². The van der Waals surface area contributed by atoms with E-state index in [9.17, 15) is 0 Å². The lowest BCUT2D eigenvalue weighted by Gasteiger charge is -2.10. The summed E-state index contributed by atoms with van der Waals surface area (Å²) in [7, 11) is -0.489. The van der Waals surface area contributed by atoms with Crippen LogP contribution in [0.1, 0.15) is 5.56 Å². The van der Waals surface area contributed by atoms with Crippen LogP contribution >= 0.6 is 11.1 Å². The third-order valence-electron chi connectivity index (χ3n) is 3.23. The second-order valence-electron chi connectivity index (χ2n) is 4.24. The molecular weight excluding hydrogens is 244 g/mol. The number of rotatable bonds is 2. The molecule has 0 saturated carbocycles. The van der Waals surface area contributed by atoms with E-state index < -0.39 is 8.83 Å². The smallest absolute Gasteiger partial charge is 0.129 e. The van der Waals surface area contributed by atoms with E-state index in [4.69, 9.17) is 11.1 Å². The number of benzene rings is 3. The first-order chi connectivity index (χ1) is 8.40. The van der Waals surface area contributed by atoms with Crippen molar-refractivity contribution in [3.8, 4) is 0 Å². The summed E-state index contributed by atoms with van der Waals surface area (Å²) in [6, 6.07) is 20.5. The average molecular weight is 257 g/mol. The highest BCUT2D eigenvalue weighted by atomic mass is 35.6. The van der Waals surface area contributed by atoms with Crippen molar-refractivity contribution in [1.82, 2.24) is 0 Å². The van der Waals surface area contributed by atoms with Gasteiger partial charge in [0, 0.05) is 0 Å². The molecule has 2 heteroatoms. The van der Waals surface area contributed by atoms with Gasteiger partial charge in [-0.1, -0.05) is 48.5 Å². The van der Waals surface area contributed by atoms with Gasteiger partial charge in [-0.3, -0.25) is 0 Å². The Morgan fingerprint density at radius 3 is 1.88 bits per heavy atom. The summed E-state index contributed by atoms with van der Waals surface area (Å²) in [5.41, 5.74) is 1.43. The summed E-state index contributed by atoms with van der Waals surface area (Å²) in [4.78, 5) is 0. The fraction of sp³-hybridized carbons (Fsp3) is 0.0667. The fourth-order valence-corrected chi connectivity index (χ4v) is 3.77. The Morgan fingerprint density at radius 1 is 0.824 bits per heavy atom. The van der Waals surface area contributed by atoms with Gasteiger partial charge in [-0.25, -0.2) is 0 Å². The number of halogens is 1. The Bertz CT molecular complexity index is 622. The van der Waals surface area contributed by atoms with E-state index in [1.807, 2.05) is 0 Å². The molecule has 0 spiro atoms. The summed E-state index contributed by atoms with van der Waals surface area (Å²) >= 11 is 6.08. The highest BCUT2D eigenvalue weighted by molar-refractivity contribution is 6.93. The number of hydrogen-bond donors (Lipinski definition) is 0. The van der Waals surface area contributed by atoms with Crippen LogP contribution in [0.4, 0.5) is 0 Å². The quantitative estimate of drug-likeness (QED) is 0.372. The van der Waals surface area contributed by atoms with E-state index in [-0.39, 0.29) is 0 Å². The van der Waals surface area contributed by atoms with Gasteiger partial charge < -0.3 is 0 Å². The van der Waals surface area contributed by atoms with Crippen molar-refractivity contribution in [3.63, 3.8) is 0 Å². The molecule has 0 amide bonds. The lowest BCUT2D eigenvalue weighted by molar-refractivity contribution is 1.49. The molecule has 0 nitrogen and oxygen atoms in total. The largest absolute Gasteiger partial charge is 0.176 e. The van der Waals surface area contributed by atoms with E-state index in [0.717, 1.165) is 6.04 Å². The summed E-state index contributed by atoms with van der Waals surface area (Å²) in [5.74, 6) is 0. The molecule has 0 bridgehead atoms. The van der Waals surface area contributed by atoms with Crippen molar-refractivity contribution in [3.05, 3.63) is 60.2 Å². The van der Waals surface area contributed by atoms with Crippen molar-refractivity contribution in [2.24, 2.45) is 0 Å². The Hall–Kier alpha value is -1.31. The maximum Gasteiger partial charge on any atom is 0.129 e. The number of fused-ring (bicyclic) bond motifs is 2. The van der Waals surface area contributed by atoms with Crippen molar-refractivity contribution in [2.75, 3.05) is 0 Å². The zero-order chi connectivity index (χ0) is 11.7. The Kier molecular flexibility index (Phi) is 2.87. The van der Waals surface area contributed by atoms with E-state index >= 15 is 0 Å². The second-order valence-corrected chi connectivity index (χ2v) is 6.25. The van der Waals surface area contributed by atoms with Gasteiger partial charge in [-0.05, 0) is 39.2 Å². The highest BCUT2D eigenvalue weighted by Crippen LogP contribution is 2.28. The van der Waals surface area contributed by atoms with Crippen molar-refractivity contribution >= 4 is 41.5 Å². The summed E-state index contributed by atoms with van der Waals surface area (Å²) in [6.45, 7) is 0. The Balaban J connectivity index is 2.47. The topological polar surface area (TPSA) is 0 Å². The third-order valence-corrected chi connectivity index (χ3v) is 4.48. The molecule has 0 unspecified atom stereocenters. The van der Waals surface area contributed by atoms with Gasteiger partial charge in [0.1, 0.15) is 8.83 Å². The minimum atomic E-state index is -0.489. The van der Waals surface area contributed by atoms with Gasteiger partial charge in [0.05, 0.1) is 0 Å². The first kappa shape index (κ1) is 10.8. The van der Waals surface area contributed by atoms with Gasteiger partial charge in [0.15, 0.2) is 0 Å². The van der Waals surface area contributed by atoms with Gasteiger partial charge in [0.2, 0.25) is 0 Å². The molecule has 0 fully saturated rings. The molecule has 0 radical (unpaired) electrons. The Morgan fingerprint density at radius 2 is 1.35 bits per heavy atom. The van der Waals surface area contributed by atoms with E-state index in [2.05, 4.69) is 54.6 Å². The minimum Gasteiger partial charge on any atom is -0.176 e. The molecule has 0 aliphatic carbocycles. The molecule has 0 aromatic heterocycles. The van der Waals surface area contributed by atoms with Crippen LogP contribution in [0.2, 0.25) is 0 Å². The lowest BCUT2D eigenvalue weighted by atomic mass is 9.98. The molecule has 0 heterocycles. The lowest BCUT2D eigenvalue weighted by Crippen LogP contribution is -1.93. The van der Waals surface area contributed by atoms with Crippen molar-refractivity contribution < 1.29 is 0 Å². The van der Waals surface area contributed by atoms with Gasteiger partial charge in [-0.2, -0.15) is 11.1 Å². The number of hydrogen-bond acceptors (Lipinski definition) is 0. The predicted molar refractivity (Wildman–Crippen MR) is 79.6 cm³/mol. The zero-order valence-corrected chi connectivity index (χ0v) is 11.7. The van der Waals surface area contributed by atoms with E-state index in [0.29, 0.717) is 0 Å². The average Bonchev–Trinajstić information content (AvgIpc) is 2.39. The van der Waals surface area contributed by atoms with Crippen LogP contribution in [0.5, 0.6) is 0 Å². The molecular formula is C15H13ClSi.